The SMILES string of the molecule is COc1ccc(F)cc1CCn1c(=O)n(C2CCCN(C(C)C)C2=O)c(=O)c2c(C)c(-n3nccn3)sc21.OCCO. The Balaban J connectivity index is 0.000000952. The maximum absolute atomic E-state index is 14.0. The molecule has 1 aliphatic heterocycles. The third-order valence-corrected chi connectivity index (χ3v) is 8.43. The molecule has 4 aromatic rings. The molecule has 1 atom stereocenters. The van der Waals surface area contributed by atoms with Crippen LogP contribution >= 0.6 is 11.3 Å². The summed E-state index contributed by atoms with van der Waals surface area (Å²) in [5.41, 5.74) is 0.150. The monoisotopic (exact) mass is 602 g/mol. The summed E-state index contributed by atoms with van der Waals surface area (Å²) in [6, 6.07) is 3.29. The van der Waals surface area contributed by atoms with Crippen LogP contribution in [0.1, 0.15) is 43.9 Å². The number of nitrogens with zero attached hydrogens (tertiary/aromatic N) is 6. The van der Waals surface area contributed by atoms with Gasteiger partial charge < -0.3 is 19.8 Å². The van der Waals surface area contributed by atoms with Gasteiger partial charge in [-0.1, -0.05) is 11.3 Å². The van der Waals surface area contributed by atoms with E-state index in [0.717, 1.165) is 4.57 Å². The Bertz CT molecular complexity index is 1660. The molecule has 0 radical (unpaired) electrons. The molecule has 12 nitrogen and oxygen atoms in total. The quantitative estimate of drug-likeness (QED) is 0.312. The van der Waals surface area contributed by atoms with E-state index >= 15 is 0 Å². The van der Waals surface area contributed by atoms with Gasteiger partial charge in [0, 0.05) is 24.7 Å². The van der Waals surface area contributed by atoms with E-state index in [1.54, 1.807) is 17.9 Å². The summed E-state index contributed by atoms with van der Waals surface area (Å²) in [6.45, 7) is 6.11. The largest absolute Gasteiger partial charge is 0.496 e. The van der Waals surface area contributed by atoms with Crippen molar-refractivity contribution in [3.8, 4) is 10.8 Å². The Morgan fingerprint density at radius 1 is 1.14 bits per heavy atom. The summed E-state index contributed by atoms with van der Waals surface area (Å²) in [6.07, 6.45) is 4.43. The second-order valence-corrected chi connectivity index (χ2v) is 11.1. The van der Waals surface area contributed by atoms with E-state index in [1.165, 1.54) is 52.3 Å². The maximum atomic E-state index is 14.0. The van der Waals surface area contributed by atoms with E-state index < -0.39 is 23.1 Å². The van der Waals surface area contributed by atoms with Crippen molar-refractivity contribution in [3.05, 3.63) is 68.4 Å². The van der Waals surface area contributed by atoms with Gasteiger partial charge in [-0.05, 0) is 63.8 Å². The second kappa shape index (κ2) is 13.4. The molecule has 0 saturated carbocycles. The average Bonchev–Trinajstić information content (AvgIpc) is 3.62. The van der Waals surface area contributed by atoms with Crippen LogP contribution in [0.5, 0.6) is 5.75 Å². The minimum Gasteiger partial charge on any atom is -0.496 e. The number of amides is 1. The fourth-order valence-electron chi connectivity index (χ4n) is 5.14. The summed E-state index contributed by atoms with van der Waals surface area (Å²) < 4.78 is 22.0. The number of aliphatic hydroxyl groups is 2. The second-order valence-electron chi connectivity index (χ2n) is 10.1. The predicted octanol–water partition coefficient (Wildman–Crippen LogP) is 2.05. The molecule has 14 heteroatoms. The van der Waals surface area contributed by atoms with Crippen molar-refractivity contribution in [1.29, 1.82) is 0 Å². The molecule has 1 fully saturated rings. The smallest absolute Gasteiger partial charge is 0.332 e. The zero-order chi connectivity index (χ0) is 30.6. The number of hydrogen-bond donors (Lipinski definition) is 2. The number of methoxy groups -OCH3 is 1. The third-order valence-electron chi connectivity index (χ3n) is 7.15. The van der Waals surface area contributed by atoms with Crippen LogP contribution in [-0.2, 0) is 17.8 Å². The Hall–Kier alpha value is -3.88. The minimum absolute atomic E-state index is 0.0484. The zero-order valence-corrected chi connectivity index (χ0v) is 24.8. The standard InChI is InChI=1S/C26H29FN6O4S.C2H6O2/c1-15(2)30-12-5-6-19(22(30)34)32-23(35)21-16(3)24(33-28-10-11-29-33)38-25(21)31(26(32)36)13-9-17-14-18(27)7-8-20(17)37-4;3-1-2-4/h7-8,10-11,14-15,19H,5-6,9,12-13H2,1-4H3;3-4H,1-2H2. The summed E-state index contributed by atoms with van der Waals surface area (Å²) in [5, 5.41) is 24.6. The van der Waals surface area contributed by atoms with Crippen molar-refractivity contribution in [2.75, 3.05) is 26.9 Å². The number of piperidine rings is 1. The number of likely N-dealkylation sites (tertiary alicyclic amines) is 1. The van der Waals surface area contributed by atoms with Gasteiger partial charge in [0.15, 0.2) is 0 Å². The molecule has 5 rings (SSSR count). The number of fused-ring (bicyclic) bond motifs is 1. The van der Waals surface area contributed by atoms with E-state index in [0.29, 0.717) is 51.5 Å². The Morgan fingerprint density at radius 3 is 2.45 bits per heavy atom. The van der Waals surface area contributed by atoms with Crippen molar-refractivity contribution in [2.45, 2.75) is 58.7 Å². The van der Waals surface area contributed by atoms with Gasteiger partial charge in [-0.15, -0.1) is 4.80 Å². The molecule has 42 heavy (non-hydrogen) atoms. The molecule has 1 aliphatic rings. The molecule has 0 bridgehead atoms. The molecular weight excluding hydrogens is 567 g/mol. The molecule has 226 valence electrons. The first-order valence-electron chi connectivity index (χ1n) is 13.6. The lowest BCUT2D eigenvalue weighted by atomic mass is 10.0. The number of carbonyl (C=O) groups is 1. The number of ether oxygens (including phenoxy) is 1. The van der Waals surface area contributed by atoms with E-state index in [4.69, 9.17) is 14.9 Å². The van der Waals surface area contributed by atoms with Gasteiger partial charge in [0.1, 0.15) is 27.4 Å². The molecule has 0 spiro atoms. The molecule has 0 aliphatic carbocycles. The lowest BCUT2D eigenvalue weighted by Crippen LogP contribution is -2.52. The number of aryl methyl sites for hydroxylation is 3. The molecule has 1 aromatic carbocycles. The van der Waals surface area contributed by atoms with Gasteiger partial charge in [0.25, 0.3) is 5.56 Å². The van der Waals surface area contributed by atoms with Crippen LogP contribution in [-0.4, -0.2) is 78.1 Å². The van der Waals surface area contributed by atoms with E-state index in [-0.39, 0.29) is 38.1 Å². The molecule has 1 saturated heterocycles. The third kappa shape index (κ3) is 6.01. The predicted molar refractivity (Wildman–Crippen MR) is 156 cm³/mol. The molecule has 2 N–H and O–H groups in total. The van der Waals surface area contributed by atoms with E-state index in [9.17, 15) is 18.8 Å². The number of aromatic nitrogens is 5. The highest BCUT2D eigenvalue weighted by Crippen LogP contribution is 2.32. The van der Waals surface area contributed by atoms with Crippen LogP contribution in [0, 0.1) is 12.7 Å². The Kier molecular flexibility index (Phi) is 9.91. The van der Waals surface area contributed by atoms with Gasteiger partial charge in [0.2, 0.25) is 5.91 Å². The van der Waals surface area contributed by atoms with Crippen LogP contribution in [0.25, 0.3) is 15.2 Å². The number of thiophene rings is 1. The summed E-state index contributed by atoms with van der Waals surface area (Å²) >= 11 is 1.23. The normalized spacial score (nSPS) is 15.3. The van der Waals surface area contributed by atoms with Gasteiger partial charge in [-0.3, -0.25) is 14.2 Å². The molecule has 1 unspecified atom stereocenters. The highest BCUT2D eigenvalue weighted by molar-refractivity contribution is 7.21. The maximum Gasteiger partial charge on any atom is 0.332 e. The van der Waals surface area contributed by atoms with E-state index in [2.05, 4.69) is 10.2 Å². The number of aliphatic hydroxyl groups excluding tert-OH is 2. The topological polar surface area (TPSA) is 145 Å². The average molecular weight is 603 g/mol. The summed E-state index contributed by atoms with van der Waals surface area (Å²) in [7, 11) is 1.50. The lowest BCUT2D eigenvalue weighted by molar-refractivity contribution is -0.139. The fraction of sp³-hybridized carbons (Fsp3) is 0.464. The Morgan fingerprint density at radius 2 is 1.83 bits per heavy atom. The molecule has 3 aromatic heterocycles. The molecule has 1 amide bonds. The first-order valence-corrected chi connectivity index (χ1v) is 14.5. The first-order chi connectivity index (χ1) is 20.1. The molecular formula is C28H35FN6O6S. The number of benzene rings is 1. The highest BCUT2D eigenvalue weighted by Gasteiger charge is 2.35. The first kappa shape index (κ1) is 31.1. The van der Waals surface area contributed by atoms with Crippen molar-refractivity contribution in [3.63, 3.8) is 0 Å². The summed E-state index contributed by atoms with van der Waals surface area (Å²) in [5.74, 6) is -0.142. The zero-order valence-electron chi connectivity index (χ0n) is 24.0. The lowest BCUT2D eigenvalue weighted by Gasteiger charge is -2.35. The van der Waals surface area contributed by atoms with Crippen molar-refractivity contribution >= 4 is 27.5 Å². The Labute approximate surface area is 245 Å². The number of halogens is 1. The molecule has 4 heterocycles. The van der Waals surface area contributed by atoms with Crippen LogP contribution < -0.4 is 16.0 Å². The van der Waals surface area contributed by atoms with Crippen LogP contribution in [0.2, 0.25) is 0 Å². The van der Waals surface area contributed by atoms with Gasteiger partial charge in [-0.2, -0.15) is 10.2 Å². The van der Waals surface area contributed by atoms with Crippen molar-refractivity contribution in [2.24, 2.45) is 0 Å². The van der Waals surface area contributed by atoms with Gasteiger partial charge >= 0.3 is 5.69 Å². The highest BCUT2D eigenvalue weighted by atomic mass is 32.1. The van der Waals surface area contributed by atoms with Crippen molar-refractivity contribution < 1.29 is 24.1 Å². The summed E-state index contributed by atoms with van der Waals surface area (Å²) in [4.78, 5) is 44.9. The fourth-order valence-corrected chi connectivity index (χ4v) is 6.38. The number of rotatable bonds is 8. The van der Waals surface area contributed by atoms with Gasteiger partial charge in [0.05, 0.1) is 38.1 Å². The minimum atomic E-state index is -0.893. The number of carbonyl (C=O) groups excluding carboxylic acids is 1. The van der Waals surface area contributed by atoms with Crippen LogP contribution in [0.15, 0.2) is 40.2 Å². The van der Waals surface area contributed by atoms with E-state index in [1.807, 2.05) is 13.8 Å². The number of hydrogen-bond acceptors (Lipinski definition) is 9. The van der Waals surface area contributed by atoms with Crippen LogP contribution in [0.4, 0.5) is 4.39 Å². The van der Waals surface area contributed by atoms with Crippen molar-refractivity contribution in [1.82, 2.24) is 29.0 Å². The van der Waals surface area contributed by atoms with Gasteiger partial charge in [-0.25, -0.2) is 13.8 Å². The van der Waals surface area contributed by atoms with Crippen LogP contribution in [0.3, 0.4) is 0 Å².